The summed E-state index contributed by atoms with van der Waals surface area (Å²) in [4.78, 5) is 10.8. The van der Waals surface area contributed by atoms with Gasteiger partial charge < -0.3 is 14.8 Å². The fourth-order valence-corrected chi connectivity index (χ4v) is 1.04. The van der Waals surface area contributed by atoms with E-state index in [0.717, 1.165) is 13.2 Å². The molecule has 0 aromatic heterocycles. The molecule has 1 N–H and O–H groups in total. The van der Waals surface area contributed by atoms with Gasteiger partial charge in [-0.25, -0.2) is 0 Å². The molecule has 0 aromatic carbocycles. The van der Waals surface area contributed by atoms with Gasteiger partial charge in [-0.1, -0.05) is 0 Å². The van der Waals surface area contributed by atoms with Gasteiger partial charge in [-0.2, -0.15) is 0 Å². The van der Waals surface area contributed by atoms with Crippen molar-refractivity contribution in [3.8, 4) is 0 Å². The van der Waals surface area contributed by atoms with Crippen molar-refractivity contribution in [1.82, 2.24) is 5.32 Å². The number of methoxy groups -OCH3 is 1. The molecule has 4 heteroatoms. The van der Waals surface area contributed by atoms with Crippen molar-refractivity contribution >= 4 is 5.97 Å². The van der Waals surface area contributed by atoms with E-state index in [2.05, 4.69) is 10.1 Å². The largest absolute Gasteiger partial charge is 0.469 e. The van der Waals surface area contributed by atoms with Crippen LogP contribution in [0.15, 0.2) is 0 Å². The number of morpholine rings is 1. The van der Waals surface area contributed by atoms with Crippen molar-refractivity contribution in [2.45, 2.75) is 12.5 Å². The third kappa shape index (κ3) is 2.86. The molecular weight excluding hydrogens is 146 g/mol. The van der Waals surface area contributed by atoms with E-state index in [9.17, 15) is 4.79 Å². The second kappa shape index (κ2) is 4.31. The molecule has 1 aliphatic rings. The fourth-order valence-electron chi connectivity index (χ4n) is 1.04. The lowest BCUT2D eigenvalue weighted by atomic mass is 10.2. The van der Waals surface area contributed by atoms with Gasteiger partial charge >= 0.3 is 5.97 Å². The molecule has 0 unspecified atom stereocenters. The van der Waals surface area contributed by atoms with E-state index >= 15 is 0 Å². The molecule has 1 fully saturated rings. The van der Waals surface area contributed by atoms with E-state index in [0.29, 0.717) is 13.0 Å². The number of nitrogens with one attached hydrogen (secondary N) is 1. The van der Waals surface area contributed by atoms with Crippen LogP contribution in [0.3, 0.4) is 0 Å². The summed E-state index contributed by atoms with van der Waals surface area (Å²) >= 11 is 0. The van der Waals surface area contributed by atoms with Crippen LogP contribution in [-0.4, -0.2) is 38.9 Å². The Morgan fingerprint density at radius 1 is 1.82 bits per heavy atom. The summed E-state index contributed by atoms with van der Waals surface area (Å²) in [6.45, 7) is 2.16. The van der Waals surface area contributed by atoms with Crippen LogP contribution >= 0.6 is 0 Å². The number of rotatable bonds is 2. The zero-order chi connectivity index (χ0) is 8.10. The van der Waals surface area contributed by atoms with Crippen molar-refractivity contribution in [3.63, 3.8) is 0 Å². The summed E-state index contributed by atoms with van der Waals surface area (Å²) in [6, 6.07) is 0.135. The SMILES string of the molecule is COC(=O)C[C@H]1COCCN1. The molecule has 1 atom stereocenters. The van der Waals surface area contributed by atoms with Gasteiger partial charge in [-0.3, -0.25) is 4.79 Å². The van der Waals surface area contributed by atoms with Crippen LogP contribution in [-0.2, 0) is 14.3 Å². The summed E-state index contributed by atoms with van der Waals surface area (Å²) in [6.07, 6.45) is 0.399. The Morgan fingerprint density at radius 3 is 3.18 bits per heavy atom. The van der Waals surface area contributed by atoms with Gasteiger partial charge in [-0.15, -0.1) is 0 Å². The molecule has 0 radical (unpaired) electrons. The first-order valence-corrected chi connectivity index (χ1v) is 3.71. The topological polar surface area (TPSA) is 47.6 Å². The van der Waals surface area contributed by atoms with Crippen molar-refractivity contribution in [2.24, 2.45) is 0 Å². The summed E-state index contributed by atoms with van der Waals surface area (Å²) < 4.78 is 9.68. The maximum absolute atomic E-state index is 10.8. The predicted octanol–water partition coefficient (Wildman–Crippen LogP) is -0.462. The molecule has 0 aliphatic carbocycles. The summed E-state index contributed by atoms with van der Waals surface area (Å²) in [7, 11) is 1.39. The first-order valence-electron chi connectivity index (χ1n) is 3.71. The average molecular weight is 159 g/mol. The molecule has 64 valence electrons. The lowest BCUT2D eigenvalue weighted by Gasteiger charge is -2.22. The smallest absolute Gasteiger partial charge is 0.307 e. The van der Waals surface area contributed by atoms with Gasteiger partial charge in [0.1, 0.15) is 0 Å². The maximum atomic E-state index is 10.8. The molecule has 0 saturated carbocycles. The van der Waals surface area contributed by atoms with Gasteiger partial charge in [-0.05, 0) is 0 Å². The standard InChI is InChI=1S/C7H13NO3/c1-10-7(9)4-6-5-11-3-2-8-6/h6,8H,2-5H2,1H3/t6-/m0/s1. The van der Waals surface area contributed by atoms with Crippen LogP contribution in [0.25, 0.3) is 0 Å². The predicted molar refractivity (Wildman–Crippen MR) is 39.2 cm³/mol. The summed E-state index contributed by atoms with van der Waals surface area (Å²) in [5, 5.41) is 3.16. The summed E-state index contributed by atoms with van der Waals surface area (Å²) in [5.41, 5.74) is 0. The molecule has 0 aromatic rings. The minimum atomic E-state index is -0.187. The minimum Gasteiger partial charge on any atom is -0.469 e. The molecule has 0 amide bonds. The number of hydrogen-bond donors (Lipinski definition) is 1. The number of hydrogen-bond acceptors (Lipinski definition) is 4. The van der Waals surface area contributed by atoms with Gasteiger partial charge in [0.2, 0.25) is 0 Å². The van der Waals surface area contributed by atoms with Gasteiger partial charge in [0, 0.05) is 12.6 Å². The number of ether oxygens (including phenoxy) is 2. The van der Waals surface area contributed by atoms with Gasteiger partial charge in [0.15, 0.2) is 0 Å². The first kappa shape index (κ1) is 8.49. The molecular formula is C7H13NO3. The number of carbonyl (C=O) groups excluding carboxylic acids is 1. The van der Waals surface area contributed by atoms with Crippen LogP contribution in [0.1, 0.15) is 6.42 Å². The number of esters is 1. The lowest BCUT2D eigenvalue weighted by molar-refractivity contribution is -0.141. The highest BCUT2D eigenvalue weighted by atomic mass is 16.5. The van der Waals surface area contributed by atoms with Crippen LogP contribution in [0.2, 0.25) is 0 Å². The van der Waals surface area contributed by atoms with Crippen LogP contribution in [0.4, 0.5) is 0 Å². The van der Waals surface area contributed by atoms with Gasteiger partial charge in [0.25, 0.3) is 0 Å². The third-order valence-corrected chi connectivity index (χ3v) is 1.64. The average Bonchev–Trinajstić information content (AvgIpc) is 2.06. The lowest BCUT2D eigenvalue weighted by Crippen LogP contribution is -2.42. The zero-order valence-electron chi connectivity index (χ0n) is 6.63. The second-order valence-corrected chi connectivity index (χ2v) is 2.51. The normalized spacial score (nSPS) is 24.6. The number of carbonyl (C=O) groups is 1. The molecule has 1 aliphatic heterocycles. The van der Waals surface area contributed by atoms with Crippen molar-refractivity contribution in [1.29, 1.82) is 0 Å². The molecule has 1 saturated heterocycles. The van der Waals surface area contributed by atoms with Gasteiger partial charge in [0.05, 0.1) is 26.7 Å². The quantitative estimate of drug-likeness (QED) is 0.554. The van der Waals surface area contributed by atoms with E-state index < -0.39 is 0 Å². The molecule has 11 heavy (non-hydrogen) atoms. The second-order valence-electron chi connectivity index (χ2n) is 2.51. The molecule has 4 nitrogen and oxygen atoms in total. The van der Waals surface area contributed by atoms with Crippen molar-refractivity contribution in [2.75, 3.05) is 26.9 Å². The molecule has 0 spiro atoms. The molecule has 0 bridgehead atoms. The maximum Gasteiger partial charge on any atom is 0.307 e. The van der Waals surface area contributed by atoms with Crippen LogP contribution in [0.5, 0.6) is 0 Å². The van der Waals surface area contributed by atoms with E-state index in [4.69, 9.17) is 4.74 Å². The highest BCUT2D eigenvalue weighted by Gasteiger charge is 2.16. The highest BCUT2D eigenvalue weighted by Crippen LogP contribution is 1.98. The highest BCUT2D eigenvalue weighted by molar-refractivity contribution is 5.69. The van der Waals surface area contributed by atoms with Crippen molar-refractivity contribution in [3.05, 3.63) is 0 Å². The Labute approximate surface area is 65.9 Å². The summed E-state index contributed by atoms with van der Waals surface area (Å²) in [5.74, 6) is -0.187. The van der Waals surface area contributed by atoms with Crippen LogP contribution < -0.4 is 5.32 Å². The zero-order valence-corrected chi connectivity index (χ0v) is 6.63. The monoisotopic (exact) mass is 159 g/mol. The van der Waals surface area contributed by atoms with E-state index in [1.54, 1.807) is 0 Å². The van der Waals surface area contributed by atoms with E-state index in [1.807, 2.05) is 0 Å². The van der Waals surface area contributed by atoms with E-state index in [1.165, 1.54) is 7.11 Å². The Hall–Kier alpha value is -0.610. The van der Waals surface area contributed by atoms with E-state index in [-0.39, 0.29) is 12.0 Å². The first-order chi connectivity index (χ1) is 5.33. The Balaban J connectivity index is 2.19. The third-order valence-electron chi connectivity index (χ3n) is 1.64. The molecule has 1 heterocycles. The Kier molecular flexibility index (Phi) is 3.32. The van der Waals surface area contributed by atoms with Crippen LogP contribution in [0, 0.1) is 0 Å². The minimum absolute atomic E-state index is 0.135. The Morgan fingerprint density at radius 2 is 2.64 bits per heavy atom. The Bertz CT molecular complexity index is 132. The fraction of sp³-hybridized carbons (Fsp3) is 0.857. The van der Waals surface area contributed by atoms with Crippen molar-refractivity contribution < 1.29 is 14.3 Å². The molecule has 1 rings (SSSR count).